The first kappa shape index (κ1) is 33.3. The van der Waals surface area contributed by atoms with Crippen LogP contribution in [0.2, 0.25) is 5.02 Å². The van der Waals surface area contributed by atoms with Gasteiger partial charge >= 0.3 is 5.69 Å². The number of rotatable bonds is 15. The van der Waals surface area contributed by atoms with Gasteiger partial charge in [0.1, 0.15) is 18.2 Å². The highest BCUT2D eigenvalue weighted by molar-refractivity contribution is 6.31. The topological polar surface area (TPSA) is 136 Å². The van der Waals surface area contributed by atoms with Crippen LogP contribution in [0.5, 0.6) is 0 Å². The van der Waals surface area contributed by atoms with Gasteiger partial charge < -0.3 is 26.5 Å². The molecule has 0 amide bonds. The molecule has 4 rings (SSSR count). The Labute approximate surface area is 260 Å². The fourth-order valence-electron chi connectivity index (χ4n) is 4.82. The normalized spacial score (nSPS) is 13.1. The second-order valence-corrected chi connectivity index (χ2v) is 12.0. The van der Waals surface area contributed by atoms with Crippen molar-refractivity contribution in [3.63, 3.8) is 0 Å². The molecule has 0 bridgehead atoms. The summed E-state index contributed by atoms with van der Waals surface area (Å²) in [6.07, 6.45) is 3.89. The molecule has 0 aliphatic rings. The van der Waals surface area contributed by atoms with Crippen LogP contribution in [0.4, 0.5) is 8.78 Å². The van der Waals surface area contributed by atoms with E-state index in [1.807, 2.05) is 24.3 Å². The van der Waals surface area contributed by atoms with Crippen LogP contribution in [0.1, 0.15) is 43.9 Å². The van der Waals surface area contributed by atoms with E-state index in [2.05, 4.69) is 34.1 Å². The van der Waals surface area contributed by atoms with Crippen LogP contribution in [0.15, 0.2) is 58.4 Å². The minimum Gasteiger partial charge on any atom is -0.385 e. The maximum atomic E-state index is 15.2. The lowest BCUT2D eigenvalue weighted by atomic mass is 9.86. The fraction of sp³-hybridized carbons (Fsp3) is 0.406. The number of amidine groups is 1. The second kappa shape index (κ2) is 14.9. The van der Waals surface area contributed by atoms with Gasteiger partial charge in [-0.15, -0.1) is 0 Å². The molecule has 1 unspecified atom stereocenters. The zero-order chi connectivity index (χ0) is 31.9. The molecule has 0 saturated heterocycles. The summed E-state index contributed by atoms with van der Waals surface area (Å²) >= 11 is 6.28. The molecular weight excluding hydrogens is 588 g/mol. The van der Waals surface area contributed by atoms with Crippen molar-refractivity contribution in [1.29, 1.82) is 0 Å². The van der Waals surface area contributed by atoms with Crippen LogP contribution in [0, 0.1) is 11.2 Å². The lowest BCUT2D eigenvalue weighted by Gasteiger charge is -2.22. The number of ether oxygens (including phenoxy) is 1. The number of hydrogen-bond acceptors (Lipinski definition) is 6. The zero-order valence-corrected chi connectivity index (χ0v) is 26.1. The minimum absolute atomic E-state index is 0.00294. The van der Waals surface area contributed by atoms with E-state index in [1.54, 1.807) is 31.5 Å². The number of alkyl halides is 1. The van der Waals surface area contributed by atoms with Crippen molar-refractivity contribution in [3.8, 4) is 16.9 Å². The molecule has 0 spiro atoms. The third kappa shape index (κ3) is 8.29. The number of H-pyrrole nitrogens is 1. The summed E-state index contributed by atoms with van der Waals surface area (Å²) < 4.78 is 34.5. The first-order valence-electron chi connectivity index (χ1n) is 14.5. The zero-order valence-electron chi connectivity index (χ0n) is 25.3. The number of methoxy groups -OCH3 is 1. The summed E-state index contributed by atoms with van der Waals surface area (Å²) in [7, 11) is 1.62. The average Bonchev–Trinajstić information content (AvgIpc) is 3.43. The summed E-state index contributed by atoms with van der Waals surface area (Å²) in [5.41, 5.74) is 14.4. The molecule has 44 heavy (non-hydrogen) atoms. The molecule has 0 saturated carbocycles. The number of halogens is 3. The summed E-state index contributed by atoms with van der Waals surface area (Å²) in [6.45, 7) is 5.47. The summed E-state index contributed by atoms with van der Waals surface area (Å²) in [5, 5.41) is 4.09. The maximum absolute atomic E-state index is 15.2. The molecule has 1 atom stereocenters. The lowest BCUT2D eigenvalue weighted by molar-refractivity contribution is 0.167. The maximum Gasteiger partial charge on any atom is 0.354 e. The quantitative estimate of drug-likeness (QED) is 0.0824. The van der Waals surface area contributed by atoms with Crippen LogP contribution < -0.4 is 22.5 Å². The number of nitrogens with zero attached hydrogens (tertiary/aromatic N) is 3. The first-order chi connectivity index (χ1) is 21.0. The van der Waals surface area contributed by atoms with E-state index in [1.165, 1.54) is 4.57 Å². The summed E-state index contributed by atoms with van der Waals surface area (Å²) in [4.78, 5) is 24.3. The minimum atomic E-state index is -0.751. The smallest absolute Gasteiger partial charge is 0.354 e. The van der Waals surface area contributed by atoms with Gasteiger partial charge in [-0.3, -0.25) is 9.56 Å². The third-order valence-electron chi connectivity index (χ3n) is 7.61. The highest BCUT2D eigenvalue weighted by atomic mass is 35.5. The molecule has 0 aliphatic heterocycles. The lowest BCUT2D eigenvalue weighted by Crippen LogP contribution is -2.27. The highest BCUT2D eigenvalue weighted by Crippen LogP contribution is 2.32. The molecular formula is C32H40ClF2N7O2. The first-order valence-corrected chi connectivity index (χ1v) is 14.9. The predicted molar refractivity (Wildman–Crippen MR) is 173 cm³/mol. The van der Waals surface area contributed by atoms with Crippen molar-refractivity contribution in [3.05, 3.63) is 81.1 Å². The van der Waals surface area contributed by atoms with Crippen LogP contribution in [-0.2, 0) is 11.2 Å². The van der Waals surface area contributed by atoms with Crippen molar-refractivity contribution >= 4 is 28.5 Å². The van der Waals surface area contributed by atoms with E-state index in [-0.39, 0.29) is 22.3 Å². The van der Waals surface area contributed by atoms with Crippen molar-refractivity contribution < 1.29 is 13.5 Å². The van der Waals surface area contributed by atoms with E-state index in [9.17, 15) is 9.18 Å². The SMILES string of the molecule is COCC(NCCCN=C(N)CF)c1ccc(-n2cc3cc(-c4cc(CCC(C)(C)CN)cc(Cl)c4F)[nH]c3nc2=O)cc1. The number of aryl methyl sites for hydroxylation is 1. The Morgan fingerprint density at radius 2 is 2.00 bits per heavy atom. The average molecular weight is 628 g/mol. The van der Waals surface area contributed by atoms with Crippen LogP contribution in [0.25, 0.3) is 28.0 Å². The van der Waals surface area contributed by atoms with E-state index in [4.69, 9.17) is 27.8 Å². The Bertz CT molecular complexity index is 1650. The van der Waals surface area contributed by atoms with Crippen LogP contribution in [0.3, 0.4) is 0 Å². The van der Waals surface area contributed by atoms with Gasteiger partial charge in [-0.2, -0.15) is 4.98 Å². The van der Waals surface area contributed by atoms with Crippen LogP contribution in [-0.4, -0.2) is 60.4 Å². The molecule has 236 valence electrons. The van der Waals surface area contributed by atoms with Gasteiger partial charge in [0.15, 0.2) is 5.82 Å². The molecule has 2 heterocycles. The number of hydrogen-bond donors (Lipinski definition) is 4. The van der Waals surface area contributed by atoms with Crippen molar-refractivity contribution in [2.24, 2.45) is 21.9 Å². The van der Waals surface area contributed by atoms with Crippen molar-refractivity contribution in [2.75, 3.05) is 40.0 Å². The van der Waals surface area contributed by atoms with Gasteiger partial charge in [-0.1, -0.05) is 37.6 Å². The molecule has 0 radical (unpaired) electrons. The molecule has 2 aromatic carbocycles. The molecule has 9 nitrogen and oxygen atoms in total. The number of nitrogens with two attached hydrogens (primary N) is 2. The fourth-order valence-corrected chi connectivity index (χ4v) is 5.06. The molecule has 0 fully saturated rings. The highest BCUT2D eigenvalue weighted by Gasteiger charge is 2.19. The second-order valence-electron chi connectivity index (χ2n) is 11.6. The molecule has 4 aromatic rings. The number of aromatic amines is 1. The summed E-state index contributed by atoms with van der Waals surface area (Å²) in [6, 6.07) is 12.6. The Kier molecular flexibility index (Phi) is 11.3. The Morgan fingerprint density at radius 1 is 1.25 bits per heavy atom. The predicted octanol–water partition coefficient (Wildman–Crippen LogP) is 5.08. The van der Waals surface area contributed by atoms with Gasteiger partial charge in [0.25, 0.3) is 0 Å². The molecule has 2 aromatic heterocycles. The van der Waals surface area contributed by atoms with Gasteiger partial charge in [0, 0.05) is 30.8 Å². The summed E-state index contributed by atoms with van der Waals surface area (Å²) in [5.74, 6) is -0.543. The standard InChI is InChI=1S/C32H40ClF2N7O2/c1-32(2,19-36)10-9-20-13-24(29(35)25(33)14-20)26-15-22-17-42(31(43)41-30(22)40-26)23-7-5-21(6-8-23)27(18-44-3)38-11-4-12-39-28(37)16-34/h5-8,13-15,17,27,38H,4,9-12,16,18-19,36H2,1-3H3,(H2,37,39)(H,40,41,43). The van der Waals surface area contributed by atoms with Gasteiger partial charge in [0.05, 0.1) is 29.1 Å². The number of nitrogens with one attached hydrogen (secondary N) is 2. The largest absolute Gasteiger partial charge is 0.385 e. The van der Waals surface area contributed by atoms with Crippen LogP contribution >= 0.6 is 11.6 Å². The number of benzene rings is 2. The van der Waals surface area contributed by atoms with E-state index in [0.717, 1.165) is 17.5 Å². The Morgan fingerprint density at radius 3 is 2.68 bits per heavy atom. The number of fused-ring (bicyclic) bond motifs is 1. The number of aliphatic imine (C=N–C) groups is 1. The Balaban J connectivity index is 1.55. The van der Waals surface area contributed by atoms with Crippen molar-refractivity contribution in [2.45, 2.75) is 39.2 Å². The van der Waals surface area contributed by atoms with E-state index in [0.29, 0.717) is 67.1 Å². The van der Waals surface area contributed by atoms with Gasteiger partial charge in [0.2, 0.25) is 0 Å². The monoisotopic (exact) mass is 627 g/mol. The third-order valence-corrected chi connectivity index (χ3v) is 7.89. The van der Waals surface area contributed by atoms with E-state index >= 15 is 4.39 Å². The van der Waals surface area contributed by atoms with Gasteiger partial charge in [-0.25, -0.2) is 13.6 Å². The molecule has 6 N–H and O–H groups in total. The molecule has 12 heteroatoms. The van der Waals surface area contributed by atoms with E-state index < -0.39 is 18.2 Å². The van der Waals surface area contributed by atoms with Gasteiger partial charge in [-0.05, 0) is 79.2 Å². The number of aromatic nitrogens is 3. The molecule has 0 aliphatic carbocycles. The van der Waals surface area contributed by atoms with Crippen molar-refractivity contribution in [1.82, 2.24) is 19.9 Å². The Hall–Kier alpha value is -3.64.